The molecule has 2 aromatic carbocycles. The summed E-state index contributed by atoms with van der Waals surface area (Å²) in [6, 6.07) is 22.6. The first-order valence-corrected chi connectivity index (χ1v) is 11.8. The number of hydrogen-bond acceptors (Lipinski definition) is 8. The van der Waals surface area contributed by atoms with Crippen molar-refractivity contribution in [3.8, 4) is 0 Å². The summed E-state index contributed by atoms with van der Waals surface area (Å²) in [7, 11) is 0. The third-order valence-corrected chi connectivity index (χ3v) is 7.13. The highest BCUT2D eigenvalue weighted by atomic mass is 32.1. The maximum absolute atomic E-state index is 5.54. The van der Waals surface area contributed by atoms with E-state index in [9.17, 15) is 0 Å². The van der Waals surface area contributed by atoms with Crippen LogP contribution in [0.5, 0.6) is 0 Å². The van der Waals surface area contributed by atoms with Gasteiger partial charge < -0.3 is 9.32 Å². The normalized spacial score (nSPS) is 15.8. The highest BCUT2D eigenvalue weighted by Gasteiger charge is 2.31. The number of hydrogen-bond donors (Lipinski definition) is 0. The van der Waals surface area contributed by atoms with Gasteiger partial charge in [0.05, 0.1) is 22.5 Å². The molecule has 0 unspecified atom stereocenters. The molecule has 1 saturated heterocycles. The summed E-state index contributed by atoms with van der Waals surface area (Å²) in [5, 5.41) is 13.8. The zero-order valence-electron chi connectivity index (χ0n) is 18.0. The molecular weight excluding hydrogens is 434 g/mol. The summed E-state index contributed by atoms with van der Waals surface area (Å²) in [6.07, 6.45) is 1.68. The molecule has 6 rings (SSSR count). The molecule has 0 bridgehead atoms. The number of rotatable bonds is 6. The van der Waals surface area contributed by atoms with Crippen LogP contribution < -0.4 is 4.90 Å². The van der Waals surface area contributed by atoms with Crippen molar-refractivity contribution in [2.24, 2.45) is 0 Å². The first-order valence-electron chi connectivity index (χ1n) is 11.0. The van der Waals surface area contributed by atoms with Gasteiger partial charge >= 0.3 is 0 Å². The Morgan fingerprint density at radius 3 is 2.52 bits per heavy atom. The summed E-state index contributed by atoms with van der Waals surface area (Å²) in [4.78, 5) is 9.70. The second-order valence-electron chi connectivity index (χ2n) is 8.07. The SMILES string of the molecule is c1ccc([C@H](c2nnnn2Cc2ccco2)N2CCN(c3nc4ccccc4s3)CC2)cc1. The maximum atomic E-state index is 5.54. The van der Waals surface area contributed by atoms with Gasteiger partial charge in [0.2, 0.25) is 0 Å². The minimum atomic E-state index is -0.0336. The lowest BCUT2D eigenvalue weighted by atomic mass is 10.0. The Balaban J connectivity index is 1.26. The van der Waals surface area contributed by atoms with E-state index in [2.05, 4.69) is 67.8 Å². The number of benzene rings is 2. The van der Waals surface area contributed by atoms with Crippen LogP contribution >= 0.6 is 11.3 Å². The molecule has 0 N–H and O–H groups in total. The van der Waals surface area contributed by atoms with E-state index in [1.165, 1.54) is 10.3 Å². The molecule has 1 atom stereocenters. The highest BCUT2D eigenvalue weighted by Crippen LogP contribution is 2.32. The fourth-order valence-corrected chi connectivity index (χ4v) is 5.41. The number of tetrazole rings is 1. The number of anilines is 1. The van der Waals surface area contributed by atoms with Gasteiger partial charge in [0.15, 0.2) is 11.0 Å². The van der Waals surface area contributed by atoms with Crippen LogP contribution in [0.2, 0.25) is 0 Å². The van der Waals surface area contributed by atoms with Crippen LogP contribution in [0, 0.1) is 0 Å². The van der Waals surface area contributed by atoms with Gasteiger partial charge in [-0.15, -0.1) is 5.10 Å². The molecule has 1 aliphatic heterocycles. The Morgan fingerprint density at radius 2 is 1.73 bits per heavy atom. The van der Waals surface area contributed by atoms with Crippen molar-refractivity contribution in [2.75, 3.05) is 31.1 Å². The smallest absolute Gasteiger partial charge is 0.186 e. The summed E-state index contributed by atoms with van der Waals surface area (Å²) in [5.41, 5.74) is 2.25. The topological polar surface area (TPSA) is 76.1 Å². The third-order valence-electron chi connectivity index (χ3n) is 6.04. The van der Waals surface area contributed by atoms with Gasteiger partial charge in [-0.1, -0.05) is 53.8 Å². The molecule has 1 fully saturated rings. The van der Waals surface area contributed by atoms with Crippen molar-refractivity contribution >= 4 is 26.7 Å². The quantitative estimate of drug-likeness (QED) is 0.383. The fourth-order valence-electron chi connectivity index (χ4n) is 4.40. The van der Waals surface area contributed by atoms with E-state index in [-0.39, 0.29) is 6.04 Å². The van der Waals surface area contributed by atoms with Gasteiger partial charge in [-0.05, 0) is 40.3 Å². The highest BCUT2D eigenvalue weighted by molar-refractivity contribution is 7.22. The predicted octanol–water partition coefficient (Wildman–Crippen LogP) is 3.84. The summed E-state index contributed by atoms with van der Waals surface area (Å²) >= 11 is 1.76. The first kappa shape index (κ1) is 20.1. The summed E-state index contributed by atoms with van der Waals surface area (Å²) < 4.78 is 8.61. The summed E-state index contributed by atoms with van der Waals surface area (Å²) in [5.74, 6) is 1.65. The molecule has 3 aromatic heterocycles. The Hall–Kier alpha value is -3.56. The van der Waals surface area contributed by atoms with Crippen molar-refractivity contribution < 1.29 is 4.42 Å². The molecule has 0 aliphatic carbocycles. The monoisotopic (exact) mass is 457 g/mol. The van der Waals surface area contributed by atoms with E-state index in [0.29, 0.717) is 6.54 Å². The number of aromatic nitrogens is 5. The lowest BCUT2D eigenvalue weighted by Crippen LogP contribution is -2.48. The van der Waals surface area contributed by atoms with Crippen molar-refractivity contribution in [1.29, 1.82) is 0 Å². The zero-order valence-corrected chi connectivity index (χ0v) is 18.8. The number of thiazole rings is 1. The molecule has 8 nitrogen and oxygen atoms in total. The molecule has 5 aromatic rings. The zero-order chi connectivity index (χ0) is 22.0. The van der Waals surface area contributed by atoms with E-state index in [1.807, 2.05) is 28.9 Å². The van der Waals surface area contributed by atoms with Crippen LogP contribution in [0.3, 0.4) is 0 Å². The predicted molar refractivity (Wildman–Crippen MR) is 127 cm³/mol. The van der Waals surface area contributed by atoms with E-state index in [1.54, 1.807) is 17.6 Å². The largest absolute Gasteiger partial charge is 0.467 e. The number of fused-ring (bicyclic) bond motifs is 1. The summed E-state index contributed by atoms with van der Waals surface area (Å²) in [6.45, 7) is 4.10. The second-order valence-corrected chi connectivity index (χ2v) is 9.08. The molecule has 0 amide bonds. The number of piperazine rings is 1. The Labute approximate surface area is 195 Å². The number of nitrogens with zero attached hydrogens (tertiary/aromatic N) is 7. The Morgan fingerprint density at radius 1 is 0.909 bits per heavy atom. The molecule has 4 heterocycles. The standard InChI is InChI=1S/C24H23N7OS/c1-2-7-18(8-3-1)22(23-26-27-28-31(23)17-19-9-6-16-32-19)29-12-14-30(15-13-29)24-25-20-10-4-5-11-21(20)33-24/h1-11,16,22H,12-15,17H2/t22-/m1/s1. The molecular formula is C24H23N7OS. The number of furan rings is 1. The van der Waals surface area contributed by atoms with Gasteiger partial charge in [0.25, 0.3) is 0 Å². The molecule has 0 spiro atoms. The van der Waals surface area contributed by atoms with Crippen LogP contribution in [0.1, 0.15) is 23.2 Å². The fraction of sp³-hybridized carbons (Fsp3) is 0.250. The Kier molecular flexibility index (Phi) is 5.33. The third kappa shape index (κ3) is 4.01. The molecule has 0 radical (unpaired) electrons. The van der Waals surface area contributed by atoms with Crippen molar-refractivity contribution in [3.63, 3.8) is 0 Å². The average Bonchev–Trinajstić information content (AvgIpc) is 3.62. The van der Waals surface area contributed by atoms with Crippen LogP contribution in [-0.4, -0.2) is 56.3 Å². The van der Waals surface area contributed by atoms with Crippen molar-refractivity contribution in [3.05, 3.63) is 90.1 Å². The van der Waals surface area contributed by atoms with Crippen LogP contribution in [0.15, 0.2) is 77.4 Å². The average molecular weight is 458 g/mol. The minimum Gasteiger partial charge on any atom is -0.467 e. The van der Waals surface area contributed by atoms with Gasteiger partial charge in [0.1, 0.15) is 12.3 Å². The van der Waals surface area contributed by atoms with E-state index in [0.717, 1.165) is 48.4 Å². The van der Waals surface area contributed by atoms with Crippen LogP contribution in [0.25, 0.3) is 10.2 Å². The Bertz CT molecular complexity index is 1290. The minimum absolute atomic E-state index is 0.0336. The van der Waals surface area contributed by atoms with Gasteiger partial charge in [-0.25, -0.2) is 9.67 Å². The lowest BCUT2D eigenvalue weighted by Gasteiger charge is -2.38. The first-order chi connectivity index (χ1) is 16.3. The van der Waals surface area contributed by atoms with Gasteiger partial charge in [-0.3, -0.25) is 4.90 Å². The maximum Gasteiger partial charge on any atom is 0.186 e. The lowest BCUT2D eigenvalue weighted by molar-refractivity contribution is 0.201. The van der Waals surface area contributed by atoms with Gasteiger partial charge in [-0.2, -0.15) is 0 Å². The van der Waals surface area contributed by atoms with Crippen molar-refractivity contribution in [2.45, 2.75) is 12.6 Å². The van der Waals surface area contributed by atoms with Crippen molar-refractivity contribution in [1.82, 2.24) is 30.1 Å². The molecule has 1 aliphatic rings. The van der Waals surface area contributed by atoms with Gasteiger partial charge in [0, 0.05) is 26.2 Å². The van der Waals surface area contributed by atoms with Crippen LogP contribution in [0.4, 0.5) is 5.13 Å². The van der Waals surface area contributed by atoms with E-state index in [4.69, 9.17) is 9.40 Å². The molecule has 9 heteroatoms. The van der Waals surface area contributed by atoms with E-state index >= 15 is 0 Å². The molecule has 33 heavy (non-hydrogen) atoms. The number of para-hydroxylation sites is 1. The van der Waals surface area contributed by atoms with E-state index < -0.39 is 0 Å². The molecule has 166 valence electrons. The molecule has 0 saturated carbocycles. The second kappa shape index (κ2) is 8.76. The van der Waals surface area contributed by atoms with Crippen LogP contribution in [-0.2, 0) is 6.54 Å².